The lowest BCUT2D eigenvalue weighted by Gasteiger charge is -2.17. The maximum absolute atomic E-state index is 12.6. The molecule has 1 amide bonds. The van der Waals surface area contributed by atoms with Gasteiger partial charge >= 0.3 is 7.60 Å². The molecule has 2 aromatic rings. The number of anilines is 1. The molecule has 0 aliphatic rings. The summed E-state index contributed by atoms with van der Waals surface area (Å²) in [6.07, 6.45) is 0.148. The Balaban J connectivity index is 2.09. The van der Waals surface area contributed by atoms with Gasteiger partial charge in [0.25, 0.3) is 5.91 Å². The van der Waals surface area contributed by atoms with Crippen molar-refractivity contribution in [3.05, 3.63) is 63.6 Å². The lowest BCUT2D eigenvalue weighted by atomic mass is 10.1. The van der Waals surface area contributed by atoms with Gasteiger partial charge in [-0.3, -0.25) is 9.36 Å². The quantitative estimate of drug-likeness (QED) is 0.548. The van der Waals surface area contributed by atoms with Gasteiger partial charge in [0.15, 0.2) is 0 Å². The number of benzene rings is 2. The maximum Gasteiger partial charge on any atom is 0.335 e. The summed E-state index contributed by atoms with van der Waals surface area (Å²) in [5, 5.41) is 11.8. The van der Waals surface area contributed by atoms with Crippen molar-refractivity contribution < 1.29 is 18.4 Å². The van der Waals surface area contributed by atoms with E-state index >= 15 is 0 Å². The predicted octanol–water partition coefficient (Wildman–Crippen LogP) is 5.34. The van der Waals surface area contributed by atoms with Gasteiger partial charge in [-0.25, -0.2) is 0 Å². The van der Waals surface area contributed by atoms with E-state index in [0.29, 0.717) is 34.5 Å². The minimum absolute atomic E-state index is 0.148. The van der Waals surface area contributed by atoms with Crippen molar-refractivity contribution in [1.82, 2.24) is 0 Å². The normalized spacial score (nSPS) is 11.0. The molecule has 0 aliphatic heterocycles. The average Bonchev–Trinajstić information content (AvgIpc) is 2.64. The predicted molar refractivity (Wildman–Crippen MR) is 108 cm³/mol. The molecule has 0 radical (unpaired) electrons. The van der Waals surface area contributed by atoms with Crippen molar-refractivity contribution in [2.24, 2.45) is 0 Å². The van der Waals surface area contributed by atoms with Gasteiger partial charge in [-0.2, -0.15) is 5.26 Å². The lowest BCUT2D eigenvalue weighted by Crippen LogP contribution is -2.12. The van der Waals surface area contributed by atoms with Gasteiger partial charge in [0.1, 0.15) is 6.07 Å². The first-order valence-electron chi connectivity index (χ1n) is 8.39. The van der Waals surface area contributed by atoms with Crippen LogP contribution in [0.15, 0.2) is 46.9 Å². The van der Waals surface area contributed by atoms with E-state index in [4.69, 9.17) is 14.3 Å². The first kappa shape index (κ1) is 21.3. The van der Waals surface area contributed by atoms with Crippen molar-refractivity contribution in [2.45, 2.75) is 20.0 Å². The number of carbonyl (C=O) groups excluding carboxylic acids is 1. The highest BCUT2D eigenvalue weighted by Gasteiger charge is 2.24. The van der Waals surface area contributed by atoms with Gasteiger partial charge in [-0.05, 0) is 65.7 Å². The molecule has 0 spiro atoms. The summed E-state index contributed by atoms with van der Waals surface area (Å²) in [4.78, 5) is 12.4. The first-order chi connectivity index (χ1) is 12.9. The van der Waals surface area contributed by atoms with Crippen LogP contribution in [0.25, 0.3) is 0 Å². The summed E-state index contributed by atoms with van der Waals surface area (Å²) in [7, 11) is -3.18. The van der Waals surface area contributed by atoms with Crippen molar-refractivity contribution in [3.8, 4) is 6.07 Å². The van der Waals surface area contributed by atoms with E-state index in [1.54, 1.807) is 56.3 Å². The minimum atomic E-state index is -3.18. The largest absolute Gasteiger partial charge is 0.335 e. The number of amides is 1. The molecule has 0 saturated heterocycles. The maximum atomic E-state index is 12.6. The molecular formula is C19H20BrN2O4P. The Hall–Kier alpha value is -1.97. The van der Waals surface area contributed by atoms with Crippen molar-refractivity contribution in [2.75, 3.05) is 18.5 Å². The van der Waals surface area contributed by atoms with Gasteiger partial charge in [0.05, 0.1) is 24.9 Å². The standard InChI is InChI=1S/C19H20BrN2O4P/c1-3-25-27(24,26-4-2)13-14-5-7-15(8-6-14)19(23)22-17-9-10-18(20)16(11-17)12-21/h5-11H,3-4,13H2,1-2H3,(H,22,23). The Morgan fingerprint density at radius 2 is 1.78 bits per heavy atom. The van der Waals surface area contributed by atoms with Gasteiger partial charge in [-0.15, -0.1) is 0 Å². The van der Waals surface area contributed by atoms with Crippen LogP contribution in [0.5, 0.6) is 0 Å². The second-order valence-electron chi connectivity index (χ2n) is 5.56. The molecule has 142 valence electrons. The Morgan fingerprint density at radius 1 is 1.15 bits per heavy atom. The molecule has 0 aliphatic carbocycles. The number of carbonyl (C=O) groups is 1. The Labute approximate surface area is 167 Å². The van der Waals surface area contributed by atoms with Crippen LogP contribution < -0.4 is 5.32 Å². The van der Waals surface area contributed by atoms with E-state index < -0.39 is 7.60 Å². The van der Waals surface area contributed by atoms with Crippen LogP contribution >= 0.6 is 23.5 Å². The van der Waals surface area contributed by atoms with Crippen molar-refractivity contribution in [1.29, 1.82) is 5.26 Å². The smallest absolute Gasteiger partial charge is 0.322 e. The van der Waals surface area contributed by atoms with Crippen LogP contribution in [0.4, 0.5) is 5.69 Å². The summed E-state index contributed by atoms with van der Waals surface area (Å²) in [6, 6.07) is 13.8. The van der Waals surface area contributed by atoms with Crippen LogP contribution in [-0.4, -0.2) is 19.1 Å². The summed E-state index contributed by atoms with van der Waals surface area (Å²) < 4.78 is 23.8. The molecule has 0 aromatic heterocycles. The third-order valence-electron chi connectivity index (χ3n) is 3.59. The van der Waals surface area contributed by atoms with Crippen LogP contribution in [0.1, 0.15) is 35.3 Å². The molecule has 6 nitrogen and oxygen atoms in total. The van der Waals surface area contributed by atoms with E-state index in [-0.39, 0.29) is 12.1 Å². The Kier molecular flexibility index (Phi) is 7.76. The highest BCUT2D eigenvalue weighted by Crippen LogP contribution is 2.51. The van der Waals surface area contributed by atoms with Gasteiger partial charge < -0.3 is 14.4 Å². The minimum Gasteiger partial charge on any atom is -0.322 e. The molecular weight excluding hydrogens is 431 g/mol. The monoisotopic (exact) mass is 450 g/mol. The molecule has 0 bridgehead atoms. The Morgan fingerprint density at radius 3 is 2.33 bits per heavy atom. The van der Waals surface area contributed by atoms with Crippen LogP contribution in [0.3, 0.4) is 0 Å². The molecule has 0 atom stereocenters. The highest BCUT2D eigenvalue weighted by atomic mass is 79.9. The molecule has 8 heteroatoms. The van der Waals surface area contributed by atoms with E-state index in [1.807, 2.05) is 0 Å². The third-order valence-corrected chi connectivity index (χ3v) is 6.34. The number of rotatable bonds is 8. The summed E-state index contributed by atoms with van der Waals surface area (Å²) >= 11 is 3.28. The number of halogens is 1. The third kappa shape index (κ3) is 6.02. The van der Waals surface area contributed by atoms with Crippen LogP contribution in [-0.2, 0) is 19.8 Å². The highest BCUT2D eigenvalue weighted by molar-refractivity contribution is 9.10. The van der Waals surface area contributed by atoms with E-state index in [2.05, 4.69) is 27.3 Å². The zero-order valence-corrected chi connectivity index (χ0v) is 17.5. The Bertz CT molecular complexity index is 884. The van der Waals surface area contributed by atoms with Crippen molar-refractivity contribution >= 4 is 35.1 Å². The fourth-order valence-electron chi connectivity index (χ4n) is 2.40. The zero-order chi connectivity index (χ0) is 19.9. The molecule has 0 heterocycles. The molecule has 0 saturated carbocycles. The van der Waals surface area contributed by atoms with Crippen molar-refractivity contribution in [3.63, 3.8) is 0 Å². The number of nitrogens with one attached hydrogen (secondary N) is 1. The van der Waals surface area contributed by atoms with E-state index in [9.17, 15) is 9.36 Å². The molecule has 1 N–H and O–H groups in total. The fraction of sp³-hybridized carbons (Fsp3) is 0.263. The summed E-state index contributed by atoms with van der Waals surface area (Å²) in [5.74, 6) is -0.300. The molecule has 2 rings (SSSR count). The number of nitriles is 1. The summed E-state index contributed by atoms with van der Waals surface area (Å²) in [5.41, 5.74) is 2.17. The molecule has 27 heavy (non-hydrogen) atoms. The SMILES string of the molecule is CCOP(=O)(Cc1ccc(C(=O)Nc2ccc(Br)c(C#N)c2)cc1)OCC. The number of hydrogen-bond donors (Lipinski definition) is 1. The fourth-order valence-corrected chi connectivity index (χ4v) is 4.44. The van der Waals surface area contributed by atoms with Gasteiger partial charge in [-0.1, -0.05) is 12.1 Å². The average molecular weight is 451 g/mol. The van der Waals surface area contributed by atoms with E-state index in [0.717, 1.165) is 5.56 Å². The zero-order valence-electron chi connectivity index (χ0n) is 15.1. The molecule has 0 unspecified atom stereocenters. The van der Waals surface area contributed by atoms with Gasteiger partial charge in [0, 0.05) is 15.7 Å². The van der Waals surface area contributed by atoms with E-state index in [1.165, 1.54) is 0 Å². The van der Waals surface area contributed by atoms with Gasteiger partial charge in [0.2, 0.25) is 0 Å². The first-order valence-corrected chi connectivity index (χ1v) is 10.9. The molecule has 2 aromatic carbocycles. The second kappa shape index (κ2) is 9.82. The van der Waals surface area contributed by atoms with Crippen LogP contribution in [0, 0.1) is 11.3 Å². The number of nitrogens with zero attached hydrogens (tertiary/aromatic N) is 1. The lowest BCUT2D eigenvalue weighted by molar-refractivity contribution is 0.102. The second-order valence-corrected chi connectivity index (χ2v) is 8.47. The summed E-state index contributed by atoms with van der Waals surface area (Å²) in [6.45, 7) is 4.13. The topological polar surface area (TPSA) is 88.4 Å². The number of hydrogen-bond acceptors (Lipinski definition) is 5. The molecule has 0 fully saturated rings. The van der Waals surface area contributed by atoms with Crippen LogP contribution in [0.2, 0.25) is 0 Å².